The molecule has 0 heterocycles. The number of benzene rings is 3. The summed E-state index contributed by atoms with van der Waals surface area (Å²) in [5.74, 6) is 0.0155. The molecule has 3 rings (SSSR count). The first-order valence-electron chi connectivity index (χ1n) is 10.9. The Labute approximate surface area is 189 Å². The van der Waals surface area contributed by atoms with E-state index in [1.165, 1.54) is 24.3 Å². The molecule has 0 spiro atoms. The number of methoxy groups -OCH3 is 1. The van der Waals surface area contributed by atoms with Gasteiger partial charge in [0.2, 0.25) is 0 Å². The molecule has 0 atom stereocenters. The van der Waals surface area contributed by atoms with Crippen molar-refractivity contribution in [3.8, 4) is 16.9 Å². The SMILES string of the molecule is COC(=O)CCCCNCc1ccc(OCc2cccc(-c3ccccc3)c2C)cc1F. The molecule has 5 heteroatoms. The van der Waals surface area contributed by atoms with Gasteiger partial charge in [-0.15, -0.1) is 0 Å². The number of hydrogen-bond acceptors (Lipinski definition) is 4. The van der Waals surface area contributed by atoms with Gasteiger partial charge in [0.15, 0.2) is 0 Å². The Balaban J connectivity index is 1.51. The normalized spacial score (nSPS) is 10.7. The average molecular weight is 436 g/mol. The second-order valence-corrected chi connectivity index (χ2v) is 7.71. The molecule has 0 aromatic heterocycles. The predicted octanol–water partition coefficient (Wildman–Crippen LogP) is 5.81. The highest BCUT2D eigenvalue weighted by molar-refractivity contribution is 5.69. The Morgan fingerprint density at radius 3 is 2.53 bits per heavy atom. The van der Waals surface area contributed by atoms with Crippen LogP contribution < -0.4 is 10.1 Å². The van der Waals surface area contributed by atoms with Crippen molar-refractivity contribution >= 4 is 5.97 Å². The van der Waals surface area contributed by atoms with Crippen molar-refractivity contribution in [2.75, 3.05) is 13.7 Å². The molecule has 3 aromatic carbocycles. The van der Waals surface area contributed by atoms with E-state index in [9.17, 15) is 9.18 Å². The van der Waals surface area contributed by atoms with Gasteiger partial charge in [0, 0.05) is 24.6 Å². The van der Waals surface area contributed by atoms with Crippen molar-refractivity contribution in [1.82, 2.24) is 5.32 Å². The zero-order chi connectivity index (χ0) is 22.8. The van der Waals surface area contributed by atoms with Crippen LogP contribution in [0.2, 0.25) is 0 Å². The van der Waals surface area contributed by atoms with E-state index in [1.54, 1.807) is 12.1 Å². The van der Waals surface area contributed by atoms with Crippen molar-refractivity contribution < 1.29 is 18.7 Å². The van der Waals surface area contributed by atoms with E-state index in [0.717, 1.165) is 24.0 Å². The fourth-order valence-corrected chi connectivity index (χ4v) is 3.54. The molecule has 32 heavy (non-hydrogen) atoms. The topological polar surface area (TPSA) is 47.6 Å². The van der Waals surface area contributed by atoms with Gasteiger partial charge in [-0.1, -0.05) is 54.6 Å². The predicted molar refractivity (Wildman–Crippen MR) is 125 cm³/mol. The standard InChI is InChI=1S/C27H30FNO3/c1-20-23(11-8-12-25(20)21-9-4-3-5-10-21)19-32-24-15-14-22(26(28)17-24)18-29-16-7-6-13-27(30)31-2/h3-5,8-12,14-15,17,29H,6-7,13,16,18-19H2,1-2H3. The van der Waals surface area contributed by atoms with E-state index >= 15 is 0 Å². The maximum atomic E-state index is 14.5. The van der Waals surface area contributed by atoms with Gasteiger partial charge in [0.05, 0.1) is 7.11 Å². The van der Waals surface area contributed by atoms with Gasteiger partial charge >= 0.3 is 5.97 Å². The lowest BCUT2D eigenvalue weighted by molar-refractivity contribution is -0.140. The Hall–Kier alpha value is -3.18. The summed E-state index contributed by atoms with van der Waals surface area (Å²) in [5, 5.41) is 3.21. The highest BCUT2D eigenvalue weighted by Gasteiger charge is 2.09. The van der Waals surface area contributed by atoms with Crippen molar-refractivity contribution in [3.05, 3.63) is 89.2 Å². The first-order valence-corrected chi connectivity index (χ1v) is 10.9. The summed E-state index contributed by atoms with van der Waals surface area (Å²) in [4.78, 5) is 11.1. The minimum atomic E-state index is -0.292. The van der Waals surface area contributed by atoms with Gasteiger partial charge in [-0.2, -0.15) is 0 Å². The number of unbranched alkanes of at least 4 members (excludes halogenated alkanes) is 1. The molecular formula is C27H30FNO3. The monoisotopic (exact) mass is 435 g/mol. The fraction of sp³-hybridized carbons (Fsp3) is 0.296. The summed E-state index contributed by atoms with van der Waals surface area (Å²) in [7, 11) is 1.39. The molecule has 0 aliphatic carbocycles. The third-order valence-corrected chi connectivity index (χ3v) is 5.48. The molecule has 0 amide bonds. The van der Waals surface area contributed by atoms with Crippen molar-refractivity contribution in [2.45, 2.75) is 39.3 Å². The summed E-state index contributed by atoms with van der Waals surface area (Å²) in [6, 6.07) is 21.4. The highest BCUT2D eigenvalue weighted by atomic mass is 19.1. The molecule has 1 N–H and O–H groups in total. The Morgan fingerprint density at radius 1 is 0.969 bits per heavy atom. The quantitative estimate of drug-likeness (QED) is 0.305. The molecule has 4 nitrogen and oxygen atoms in total. The molecule has 0 saturated heterocycles. The van der Waals surface area contributed by atoms with Crippen molar-refractivity contribution in [3.63, 3.8) is 0 Å². The van der Waals surface area contributed by atoms with Crippen LogP contribution in [0.15, 0.2) is 66.7 Å². The molecule has 0 fully saturated rings. The minimum Gasteiger partial charge on any atom is -0.489 e. The molecule has 168 valence electrons. The van der Waals surface area contributed by atoms with E-state index in [0.29, 0.717) is 37.4 Å². The zero-order valence-corrected chi connectivity index (χ0v) is 18.7. The minimum absolute atomic E-state index is 0.200. The van der Waals surface area contributed by atoms with E-state index in [2.05, 4.69) is 35.2 Å². The summed E-state index contributed by atoms with van der Waals surface area (Å²) >= 11 is 0. The molecule has 0 unspecified atom stereocenters. The number of nitrogens with one attached hydrogen (secondary N) is 1. The van der Waals surface area contributed by atoms with Crippen LogP contribution in [0.4, 0.5) is 4.39 Å². The number of ether oxygens (including phenoxy) is 2. The van der Waals surface area contributed by atoms with Crippen molar-refractivity contribution in [1.29, 1.82) is 0 Å². The van der Waals surface area contributed by atoms with Crippen LogP contribution in [0.25, 0.3) is 11.1 Å². The number of halogens is 1. The third kappa shape index (κ3) is 6.66. The fourth-order valence-electron chi connectivity index (χ4n) is 3.54. The van der Waals surface area contributed by atoms with Crippen LogP contribution in [-0.4, -0.2) is 19.6 Å². The second kappa shape index (κ2) is 12.0. The number of esters is 1. The highest BCUT2D eigenvalue weighted by Crippen LogP contribution is 2.26. The van der Waals surface area contributed by atoms with Gasteiger partial charge in [-0.3, -0.25) is 4.79 Å². The molecule has 0 aliphatic rings. The van der Waals surface area contributed by atoms with E-state index in [-0.39, 0.29) is 11.8 Å². The van der Waals surface area contributed by atoms with Crippen LogP contribution in [0.5, 0.6) is 5.75 Å². The maximum absolute atomic E-state index is 14.5. The Morgan fingerprint density at radius 2 is 1.78 bits per heavy atom. The maximum Gasteiger partial charge on any atom is 0.305 e. The Bertz CT molecular complexity index is 1020. The van der Waals surface area contributed by atoms with Gasteiger partial charge < -0.3 is 14.8 Å². The molecule has 0 radical (unpaired) electrons. The lowest BCUT2D eigenvalue weighted by Gasteiger charge is -2.13. The number of carbonyl (C=O) groups excluding carboxylic acids is 1. The van der Waals surface area contributed by atoms with Crippen LogP contribution in [0, 0.1) is 12.7 Å². The third-order valence-electron chi connectivity index (χ3n) is 5.48. The second-order valence-electron chi connectivity index (χ2n) is 7.71. The van der Waals surface area contributed by atoms with Gasteiger partial charge in [0.25, 0.3) is 0 Å². The average Bonchev–Trinajstić information content (AvgIpc) is 2.82. The van der Waals surface area contributed by atoms with Crippen LogP contribution >= 0.6 is 0 Å². The number of hydrogen-bond donors (Lipinski definition) is 1. The van der Waals surface area contributed by atoms with Gasteiger partial charge in [-0.05, 0) is 54.6 Å². The largest absolute Gasteiger partial charge is 0.489 e. The van der Waals surface area contributed by atoms with Crippen LogP contribution in [0.3, 0.4) is 0 Å². The lowest BCUT2D eigenvalue weighted by Crippen LogP contribution is -2.16. The lowest BCUT2D eigenvalue weighted by atomic mass is 9.97. The van der Waals surface area contributed by atoms with Crippen LogP contribution in [0.1, 0.15) is 36.0 Å². The molecule has 0 aliphatic heterocycles. The Kier molecular flexibility index (Phi) is 8.81. The number of carbonyl (C=O) groups is 1. The first kappa shape index (κ1) is 23.5. The molecule has 0 saturated carbocycles. The zero-order valence-electron chi connectivity index (χ0n) is 18.7. The van der Waals surface area contributed by atoms with E-state index < -0.39 is 0 Å². The van der Waals surface area contributed by atoms with E-state index in [4.69, 9.17) is 4.74 Å². The number of rotatable bonds is 11. The van der Waals surface area contributed by atoms with Gasteiger partial charge in [0.1, 0.15) is 18.2 Å². The van der Waals surface area contributed by atoms with E-state index in [1.807, 2.05) is 30.3 Å². The summed E-state index contributed by atoms with van der Waals surface area (Å²) in [6.45, 7) is 3.61. The molecule has 3 aromatic rings. The van der Waals surface area contributed by atoms with Gasteiger partial charge in [-0.25, -0.2) is 4.39 Å². The van der Waals surface area contributed by atoms with Crippen LogP contribution in [-0.2, 0) is 22.7 Å². The molecular weight excluding hydrogens is 405 g/mol. The summed E-state index contributed by atoms with van der Waals surface area (Å²) in [6.07, 6.45) is 1.99. The van der Waals surface area contributed by atoms with Crippen molar-refractivity contribution in [2.24, 2.45) is 0 Å². The summed E-state index contributed by atoms with van der Waals surface area (Å²) in [5.41, 5.74) is 5.16. The smallest absolute Gasteiger partial charge is 0.305 e. The summed E-state index contributed by atoms with van der Waals surface area (Å²) < 4.78 is 25.0. The molecule has 0 bridgehead atoms. The first-order chi connectivity index (χ1) is 15.6.